The molecule has 0 aliphatic carbocycles. The molecule has 0 aliphatic rings. The number of hydrogen-bond donors (Lipinski definition) is 2. The number of ether oxygens (including phenoxy) is 1. The molecule has 0 bridgehead atoms. The molecule has 5 heteroatoms. The summed E-state index contributed by atoms with van der Waals surface area (Å²) in [5, 5.41) is 11.6. The molecule has 0 aliphatic heterocycles. The van der Waals surface area contributed by atoms with Crippen LogP contribution in [0, 0.1) is 5.92 Å². The van der Waals surface area contributed by atoms with Gasteiger partial charge in [-0.05, 0) is 36.8 Å². The molecule has 0 radical (unpaired) electrons. The Bertz CT molecular complexity index is 652. The average Bonchev–Trinajstić information content (AvgIpc) is 2.54. The second-order valence-corrected chi connectivity index (χ2v) is 5.29. The quantitative estimate of drug-likeness (QED) is 0.824. The van der Waals surface area contributed by atoms with Crippen LogP contribution in [0.4, 0.5) is 5.69 Å². The fourth-order valence-corrected chi connectivity index (χ4v) is 1.91. The minimum atomic E-state index is -0.890. The Morgan fingerprint density at radius 1 is 1.09 bits per heavy atom. The first kappa shape index (κ1) is 16.5. The molecule has 0 aromatic heterocycles. The van der Waals surface area contributed by atoms with Crippen LogP contribution in [0.25, 0.3) is 0 Å². The summed E-state index contributed by atoms with van der Waals surface area (Å²) < 4.78 is 5.40. The van der Waals surface area contributed by atoms with Gasteiger partial charge >= 0.3 is 5.97 Å². The van der Waals surface area contributed by atoms with Crippen LogP contribution in [-0.4, -0.2) is 23.6 Å². The SMILES string of the molecule is CC(COc1ccc(CC(=O)Nc2ccccc2)cc1)C(=O)O. The van der Waals surface area contributed by atoms with Crippen LogP contribution < -0.4 is 10.1 Å². The number of carboxylic acid groups (broad SMARTS) is 1. The van der Waals surface area contributed by atoms with Crippen molar-refractivity contribution in [2.75, 3.05) is 11.9 Å². The summed E-state index contributed by atoms with van der Waals surface area (Å²) in [6, 6.07) is 16.3. The number of anilines is 1. The highest BCUT2D eigenvalue weighted by atomic mass is 16.5. The second-order valence-electron chi connectivity index (χ2n) is 5.29. The molecule has 0 spiro atoms. The molecule has 0 saturated carbocycles. The van der Waals surface area contributed by atoms with Gasteiger partial charge < -0.3 is 15.2 Å². The van der Waals surface area contributed by atoms with Crippen LogP contribution in [0.1, 0.15) is 12.5 Å². The van der Waals surface area contributed by atoms with Crippen molar-refractivity contribution in [2.45, 2.75) is 13.3 Å². The van der Waals surface area contributed by atoms with Gasteiger partial charge in [-0.3, -0.25) is 9.59 Å². The average molecular weight is 313 g/mol. The smallest absolute Gasteiger partial charge is 0.309 e. The number of rotatable bonds is 7. The normalized spacial score (nSPS) is 11.5. The molecule has 0 fully saturated rings. The van der Waals surface area contributed by atoms with Crippen molar-refractivity contribution in [1.82, 2.24) is 0 Å². The van der Waals surface area contributed by atoms with E-state index in [-0.39, 0.29) is 18.9 Å². The van der Waals surface area contributed by atoms with Crippen molar-refractivity contribution in [3.05, 3.63) is 60.2 Å². The Labute approximate surface area is 134 Å². The topological polar surface area (TPSA) is 75.6 Å². The monoisotopic (exact) mass is 313 g/mol. The maximum absolute atomic E-state index is 11.9. The fraction of sp³-hybridized carbons (Fsp3) is 0.222. The van der Waals surface area contributed by atoms with E-state index in [0.29, 0.717) is 5.75 Å². The standard InChI is InChI=1S/C18H19NO4/c1-13(18(21)22)12-23-16-9-7-14(8-10-16)11-17(20)19-15-5-3-2-4-6-15/h2-10,13H,11-12H2,1H3,(H,19,20)(H,21,22). The van der Waals surface area contributed by atoms with Gasteiger partial charge in [-0.15, -0.1) is 0 Å². The zero-order valence-corrected chi connectivity index (χ0v) is 12.9. The number of nitrogens with one attached hydrogen (secondary N) is 1. The van der Waals surface area contributed by atoms with E-state index < -0.39 is 11.9 Å². The zero-order valence-electron chi connectivity index (χ0n) is 12.9. The lowest BCUT2D eigenvalue weighted by atomic mass is 10.1. The number of amides is 1. The van der Waals surface area contributed by atoms with E-state index in [2.05, 4.69) is 5.32 Å². The van der Waals surface area contributed by atoms with Crippen LogP contribution in [0.15, 0.2) is 54.6 Å². The lowest BCUT2D eigenvalue weighted by molar-refractivity contribution is -0.142. The Balaban J connectivity index is 1.85. The second kappa shape index (κ2) is 7.98. The summed E-state index contributed by atoms with van der Waals surface area (Å²) in [5.41, 5.74) is 1.62. The number of benzene rings is 2. The summed E-state index contributed by atoms with van der Waals surface area (Å²) in [6.07, 6.45) is 0.265. The van der Waals surface area contributed by atoms with Crippen molar-refractivity contribution >= 4 is 17.6 Å². The highest BCUT2D eigenvalue weighted by Crippen LogP contribution is 2.14. The van der Waals surface area contributed by atoms with Crippen molar-refractivity contribution in [3.8, 4) is 5.75 Å². The van der Waals surface area contributed by atoms with Gasteiger partial charge in [0.25, 0.3) is 0 Å². The van der Waals surface area contributed by atoms with E-state index in [4.69, 9.17) is 9.84 Å². The lowest BCUT2D eigenvalue weighted by Gasteiger charge is -2.10. The Hall–Kier alpha value is -2.82. The minimum absolute atomic E-state index is 0.0932. The predicted octanol–water partition coefficient (Wildman–Crippen LogP) is 2.97. The molecule has 1 unspecified atom stereocenters. The van der Waals surface area contributed by atoms with Gasteiger partial charge in [-0.25, -0.2) is 0 Å². The molecule has 2 aromatic rings. The molecule has 2 aromatic carbocycles. The number of carbonyl (C=O) groups is 2. The van der Waals surface area contributed by atoms with E-state index >= 15 is 0 Å². The molecule has 0 saturated heterocycles. The number of para-hydroxylation sites is 1. The van der Waals surface area contributed by atoms with E-state index in [1.165, 1.54) is 0 Å². The molecule has 120 valence electrons. The van der Waals surface area contributed by atoms with Gasteiger partial charge in [0.2, 0.25) is 5.91 Å². The molecule has 0 heterocycles. The molecular formula is C18H19NO4. The molecule has 5 nitrogen and oxygen atoms in total. The summed E-state index contributed by atoms with van der Waals surface area (Å²) in [6.45, 7) is 1.70. The first-order valence-electron chi connectivity index (χ1n) is 7.34. The number of aliphatic carboxylic acids is 1. The minimum Gasteiger partial charge on any atom is -0.493 e. The van der Waals surface area contributed by atoms with Crippen LogP contribution in [0.5, 0.6) is 5.75 Å². The number of hydrogen-bond acceptors (Lipinski definition) is 3. The third kappa shape index (κ3) is 5.47. The van der Waals surface area contributed by atoms with E-state index in [9.17, 15) is 9.59 Å². The number of carboxylic acids is 1. The van der Waals surface area contributed by atoms with Gasteiger partial charge in [-0.1, -0.05) is 30.3 Å². The number of carbonyl (C=O) groups excluding carboxylic acids is 1. The molecule has 2 rings (SSSR count). The Morgan fingerprint density at radius 3 is 2.35 bits per heavy atom. The third-order valence-electron chi connectivity index (χ3n) is 3.27. The van der Waals surface area contributed by atoms with E-state index in [1.807, 2.05) is 30.3 Å². The van der Waals surface area contributed by atoms with Gasteiger partial charge in [0.05, 0.1) is 12.3 Å². The van der Waals surface area contributed by atoms with Crippen molar-refractivity contribution in [1.29, 1.82) is 0 Å². The van der Waals surface area contributed by atoms with E-state index in [0.717, 1.165) is 11.3 Å². The first-order chi connectivity index (χ1) is 11.0. The lowest BCUT2D eigenvalue weighted by Crippen LogP contribution is -2.18. The van der Waals surface area contributed by atoms with Gasteiger partial charge in [0, 0.05) is 5.69 Å². The highest BCUT2D eigenvalue weighted by Gasteiger charge is 2.11. The Kier molecular flexibility index (Phi) is 5.74. The van der Waals surface area contributed by atoms with Crippen LogP contribution in [0.2, 0.25) is 0 Å². The van der Waals surface area contributed by atoms with Crippen LogP contribution >= 0.6 is 0 Å². The van der Waals surface area contributed by atoms with Gasteiger partial charge in [-0.2, -0.15) is 0 Å². The third-order valence-corrected chi connectivity index (χ3v) is 3.27. The fourth-order valence-electron chi connectivity index (χ4n) is 1.91. The maximum atomic E-state index is 11.9. The van der Waals surface area contributed by atoms with Gasteiger partial charge in [0.15, 0.2) is 0 Å². The first-order valence-corrected chi connectivity index (χ1v) is 7.34. The molecule has 1 atom stereocenters. The zero-order chi connectivity index (χ0) is 16.7. The summed E-state index contributed by atoms with van der Waals surface area (Å²) in [4.78, 5) is 22.7. The molecule has 1 amide bonds. The summed E-state index contributed by atoms with van der Waals surface area (Å²) in [5.74, 6) is -0.958. The van der Waals surface area contributed by atoms with Crippen molar-refractivity contribution < 1.29 is 19.4 Å². The van der Waals surface area contributed by atoms with Crippen molar-refractivity contribution in [2.24, 2.45) is 5.92 Å². The molecular weight excluding hydrogens is 294 g/mol. The summed E-state index contributed by atoms with van der Waals surface area (Å²) >= 11 is 0. The maximum Gasteiger partial charge on any atom is 0.309 e. The van der Waals surface area contributed by atoms with Crippen molar-refractivity contribution in [3.63, 3.8) is 0 Å². The summed E-state index contributed by atoms with van der Waals surface area (Å²) in [7, 11) is 0. The predicted molar refractivity (Wildman–Crippen MR) is 87.5 cm³/mol. The van der Waals surface area contributed by atoms with Crippen LogP contribution in [-0.2, 0) is 16.0 Å². The Morgan fingerprint density at radius 2 is 1.74 bits per heavy atom. The van der Waals surface area contributed by atoms with E-state index in [1.54, 1.807) is 31.2 Å². The van der Waals surface area contributed by atoms with Crippen LogP contribution in [0.3, 0.4) is 0 Å². The van der Waals surface area contributed by atoms with Gasteiger partial charge in [0.1, 0.15) is 12.4 Å². The largest absolute Gasteiger partial charge is 0.493 e. The molecule has 23 heavy (non-hydrogen) atoms. The molecule has 2 N–H and O–H groups in total. The highest BCUT2D eigenvalue weighted by molar-refractivity contribution is 5.92.